The first kappa shape index (κ1) is 16.2. The molecule has 3 aromatic rings. The van der Waals surface area contributed by atoms with Crippen LogP contribution >= 0.6 is 11.6 Å². The third kappa shape index (κ3) is 2.91. The number of benzene rings is 2. The highest BCUT2D eigenvalue weighted by Crippen LogP contribution is 2.32. The van der Waals surface area contributed by atoms with Gasteiger partial charge in [-0.25, -0.2) is 0 Å². The number of hydrogen-bond acceptors (Lipinski definition) is 2. The molecule has 0 saturated carbocycles. The maximum absolute atomic E-state index is 12.8. The Hall–Kier alpha value is -2.33. The molecule has 4 nitrogen and oxygen atoms in total. The van der Waals surface area contributed by atoms with Gasteiger partial charge in [0.15, 0.2) is 0 Å². The number of halogens is 1. The van der Waals surface area contributed by atoms with E-state index in [0.29, 0.717) is 5.02 Å². The Balaban J connectivity index is 1.83. The molecule has 1 amide bonds. The first-order valence-corrected chi connectivity index (χ1v) is 9.05. The van der Waals surface area contributed by atoms with E-state index in [2.05, 4.69) is 0 Å². The summed E-state index contributed by atoms with van der Waals surface area (Å²) in [5, 5.41) is 6.44. The number of fused-ring (bicyclic) bond motifs is 1. The van der Waals surface area contributed by atoms with Gasteiger partial charge in [-0.3, -0.25) is 9.48 Å². The van der Waals surface area contributed by atoms with E-state index in [4.69, 9.17) is 16.7 Å². The zero-order valence-electron chi connectivity index (χ0n) is 14.2. The smallest absolute Gasteiger partial charge is 0.247 e. The van der Waals surface area contributed by atoms with Crippen LogP contribution in [0, 0.1) is 0 Å². The molecule has 2 aromatic carbocycles. The first-order valence-electron chi connectivity index (χ1n) is 8.67. The number of carbonyl (C=O) groups is 1. The van der Waals surface area contributed by atoms with Crippen molar-refractivity contribution in [2.24, 2.45) is 0 Å². The Bertz CT molecular complexity index is 913. The summed E-state index contributed by atoms with van der Waals surface area (Å²) < 4.78 is 1.84. The summed E-state index contributed by atoms with van der Waals surface area (Å²) in [5.74, 6) is 0.136. The highest BCUT2D eigenvalue weighted by atomic mass is 35.5. The molecule has 128 valence electrons. The van der Waals surface area contributed by atoms with Gasteiger partial charge in [0.1, 0.15) is 11.7 Å². The topological polar surface area (TPSA) is 38.1 Å². The fraction of sp³-hybridized carbons (Fsp3) is 0.300. The van der Waals surface area contributed by atoms with Gasteiger partial charge in [0.05, 0.1) is 5.52 Å². The zero-order chi connectivity index (χ0) is 17.4. The lowest BCUT2D eigenvalue weighted by atomic mass is 10.1. The van der Waals surface area contributed by atoms with Crippen LogP contribution < -0.4 is 0 Å². The Morgan fingerprint density at radius 3 is 2.56 bits per heavy atom. The third-order valence-corrected chi connectivity index (χ3v) is 5.09. The van der Waals surface area contributed by atoms with Gasteiger partial charge in [0.25, 0.3) is 0 Å². The van der Waals surface area contributed by atoms with Crippen molar-refractivity contribution in [1.82, 2.24) is 14.7 Å². The van der Waals surface area contributed by atoms with E-state index in [1.807, 2.05) is 65.0 Å². The molecule has 0 radical (unpaired) electrons. The van der Waals surface area contributed by atoms with Gasteiger partial charge in [-0.15, -0.1) is 0 Å². The number of carbonyl (C=O) groups excluding carboxylic acids is 1. The number of likely N-dealkylation sites (tertiary alicyclic amines) is 1. The van der Waals surface area contributed by atoms with Crippen LogP contribution in [0.3, 0.4) is 0 Å². The van der Waals surface area contributed by atoms with Crippen molar-refractivity contribution in [3.8, 4) is 11.3 Å². The minimum absolute atomic E-state index is 0.136. The SMILES string of the molecule is C[C@@H](C(=O)N1CCCC1)n1nc(-c2ccccc2)c2cc(Cl)ccc21. The lowest BCUT2D eigenvalue weighted by Gasteiger charge is -2.21. The molecule has 1 saturated heterocycles. The molecule has 2 heterocycles. The molecule has 0 N–H and O–H groups in total. The van der Waals surface area contributed by atoms with Crippen molar-refractivity contribution in [3.63, 3.8) is 0 Å². The van der Waals surface area contributed by atoms with Crippen molar-refractivity contribution < 1.29 is 4.79 Å². The average molecular weight is 354 g/mol. The minimum atomic E-state index is -0.334. The van der Waals surface area contributed by atoms with Gasteiger partial charge in [0.2, 0.25) is 5.91 Å². The molecule has 1 aliphatic rings. The van der Waals surface area contributed by atoms with E-state index in [1.165, 1.54) is 0 Å². The van der Waals surface area contributed by atoms with Crippen molar-refractivity contribution in [2.75, 3.05) is 13.1 Å². The van der Waals surface area contributed by atoms with E-state index >= 15 is 0 Å². The van der Waals surface area contributed by atoms with E-state index in [9.17, 15) is 4.79 Å². The maximum Gasteiger partial charge on any atom is 0.247 e. The quantitative estimate of drug-likeness (QED) is 0.693. The highest BCUT2D eigenvalue weighted by molar-refractivity contribution is 6.31. The van der Waals surface area contributed by atoms with Crippen LogP contribution in [0.2, 0.25) is 5.02 Å². The predicted molar refractivity (Wildman–Crippen MR) is 101 cm³/mol. The standard InChI is InChI=1S/C20H20ClN3O/c1-14(20(25)23-11-5-6-12-23)24-18-10-9-16(21)13-17(18)19(22-24)15-7-3-2-4-8-15/h2-4,7-10,13-14H,5-6,11-12H2,1H3/t14-/m0/s1. The number of hydrogen-bond donors (Lipinski definition) is 0. The molecule has 1 aromatic heterocycles. The second kappa shape index (κ2) is 6.52. The van der Waals surface area contributed by atoms with Gasteiger partial charge in [-0.1, -0.05) is 41.9 Å². The molecule has 1 aliphatic heterocycles. The summed E-state index contributed by atoms with van der Waals surface area (Å²) in [6.07, 6.45) is 2.17. The van der Waals surface area contributed by atoms with Gasteiger partial charge in [0, 0.05) is 29.1 Å². The Morgan fingerprint density at radius 2 is 1.84 bits per heavy atom. The zero-order valence-corrected chi connectivity index (χ0v) is 14.9. The average Bonchev–Trinajstić information content (AvgIpc) is 3.29. The van der Waals surface area contributed by atoms with Crippen molar-refractivity contribution >= 4 is 28.4 Å². The molecule has 0 unspecified atom stereocenters. The monoisotopic (exact) mass is 353 g/mol. The third-order valence-electron chi connectivity index (χ3n) is 4.86. The molecule has 0 bridgehead atoms. The van der Waals surface area contributed by atoms with Crippen LogP contribution in [0.1, 0.15) is 25.8 Å². The van der Waals surface area contributed by atoms with Gasteiger partial charge in [-0.05, 0) is 38.0 Å². The van der Waals surface area contributed by atoms with Gasteiger partial charge >= 0.3 is 0 Å². The molecular weight excluding hydrogens is 334 g/mol. The molecule has 0 aliphatic carbocycles. The minimum Gasteiger partial charge on any atom is -0.341 e. The summed E-state index contributed by atoms with van der Waals surface area (Å²) in [5.41, 5.74) is 2.82. The number of amides is 1. The van der Waals surface area contributed by atoms with Gasteiger partial charge in [-0.2, -0.15) is 5.10 Å². The number of nitrogens with zero attached hydrogens (tertiary/aromatic N) is 3. The van der Waals surface area contributed by atoms with E-state index < -0.39 is 0 Å². The Morgan fingerprint density at radius 1 is 1.12 bits per heavy atom. The maximum atomic E-state index is 12.8. The summed E-state index contributed by atoms with van der Waals surface area (Å²) >= 11 is 6.22. The van der Waals surface area contributed by atoms with E-state index in [0.717, 1.165) is 48.1 Å². The molecule has 25 heavy (non-hydrogen) atoms. The molecular formula is C20H20ClN3O. The first-order chi connectivity index (χ1) is 12.1. The fourth-order valence-corrected chi connectivity index (χ4v) is 3.70. The molecule has 0 spiro atoms. The summed E-state index contributed by atoms with van der Waals surface area (Å²) in [6.45, 7) is 3.62. The lowest BCUT2D eigenvalue weighted by Crippen LogP contribution is -2.34. The Kier molecular flexibility index (Phi) is 4.22. The van der Waals surface area contributed by atoms with Crippen LogP contribution in [0.5, 0.6) is 0 Å². The molecule has 5 heteroatoms. The predicted octanol–water partition coefficient (Wildman–Crippen LogP) is 4.54. The summed E-state index contributed by atoms with van der Waals surface area (Å²) in [7, 11) is 0. The van der Waals surface area contributed by atoms with Crippen LogP contribution in [0.4, 0.5) is 0 Å². The number of aromatic nitrogens is 2. The van der Waals surface area contributed by atoms with Crippen LogP contribution in [-0.2, 0) is 4.79 Å². The van der Waals surface area contributed by atoms with Crippen LogP contribution in [-0.4, -0.2) is 33.7 Å². The fourth-order valence-electron chi connectivity index (χ4n) is 3.52. The molecule has 4 rings (SSSR count). The second-order valence-corrected chi connectivity index (χ2v) is 6.97. The van der Waals surface area contributed by atoms with Gasteiger partial charge < -0.3 is 4.90 Å². The van der Waals surface area contributed by atoms with Crippen LogP contribution in [0.15, 0.2) is 48.5 Å². The summed E-state index contributed by atoms with van der Waals surface area (Å²) in [4.78, 5) is 14.8. The lowest BCUT2D eigenvalue weighted by molar-refractivity contribution is -0.133. The van der Waals surface area contributed by atoms with Crippen molar-refractivity contribution in [2.45, 2.75) is 25.8 Å². The second-order valence-electron chi connectivity index (χ2n) is 6.53. The van der Waals surface area contributed by atoms with Crippen molar-refractivity contribution in [1.29, 1.82) is 0 Å². The van der Waals surface area contributed by atoms with Crippen molar-refractivity contribution in [3.05, 3.63) is 53.6 Å². The molecule has 1 fully saturated rings. The highest BCUT2D eigenvalue weighted by Gasteiger charge is 2.27. The normalized spacial score (nSPS) is 15.7. The number of rotatable bonds is 3. The van der Waals surface area contributed by atoms with Crippen LogP contribution in [0.25, 0.3) is 22.2 Å². The Labute approximate surface area is 152 Å². The van der Waals surface area contributed by atoms with E-state index in [-0.39, 0.29) is 11.9 Å². The molecule has 1 atom stereocenters. The largest absolute Gasteiger partial charge is 0.341 e. The van der Waals surface area contributed by atoms with E-state index in [1.54, 1.807) is 0 Å². The summed E-state index contributed by atoms with van der Waals surface area (Å²) in [6, 6.07) is 15.4.